The summed E-state index contributed by atoms with van der Waals surface area (Å²) in [6, 6.07) is 20.8. The van der Waals surface area contributed by atoms with E-state index in [2.05, 4.69) is 55.7 Å². The van der Waals surface area contributed by atoms with Gasteiger partial charge in [0.05, 0.1) is 19.6 Å². The number of hydrogen-bond acceptors (Lipinski definition) is 1. The number of nitrogens with zero attached hydrogens (tertiary/aromatic N) is 1. The van der Waals surface area contributed by atoms with E-state index < -0.39 is 0 Å². The number of likely N-dealkylation sites (N-methyl/N-ethyl adjacent to an activating group) is 1. The number of amides is 1. The second-order valence-electron chi connectivity index (χ2n) is 7.15. The van der Waals surface area contributed by atoms with Crippen LogP contribution in [0.1, 0.15) is 36.9 Å². The predicted molar refractivity (Wildman–Crippen MR) is 97.2 cm³/mol. The van der Waals surface area contributed by atoms with Gasteiger partial charge in [-0.05, 0) is 12.5 Å². The van der Waals surface area contributed by atoms with Crippen molar-refractivity contribution in [1.29, 1.82) is 0 Å². The van der Waals surface area contributed by atoms with E-state index in [0.717, 1.165) is 36.0 Å². The molecule has 1 amide bonds. The Morgan fingerprint density at radius 1 is 1.12 bits per heavy atom. The van der Waals surface area contributed by atoms with Crippen molar-refractivity contribution in [3.63, 3.8) is 0 Å². The van der Waals surface area contributed by atoms with Gasteiger partial charge in [-0.2, -0.15) is 0 Å². The Bertz CT molecular complexity index is 671. The lowest BCUT2D eigenvalue weighted by Crippen LogP contribution is -2.54. The van der Waals surface area contributed by atoms with Gasteiger partial charge in [-0.15, -0.1) is 0 Å². The number of nitrogens with one attached hydrogen (secondary N) is 1. The topological polar surface area (TPSA) is 29.1 Å². The van der Waals surface area contributed by atoms with E-state index in [1.807, 2.05) is 24.3 Å². The zero-order chi connectivity index (χ0) is 17.0. The van der Waals surface area contributed by atoms with Crippen molar-refractivity contribution >= 4 is 5.91 Å². The maximum atomic E-state index is 12.9. The van der Waals surface area contributed by atoms with Gasteiger partial charge < -0.3 is 9.80 Å². The molecule has 2 aromatic carbocycles. The van der Waals surface area contributed by atoms with E-state index in [0.29, 0.717) is 0 Å². The number of quaternary nitrogens is 1. The highest BCUT2D eigenvalue weighted by Gasteiger charge is 2.43. The van der Waals surface area contributed by atoms with Gasteiger partial charge in [0, 0.05) is 18.4 Å². The maximum Gasteiger partial charge on any atom is 0.278 e. The minimum Gasteiger partial charge on any atom is -0.344 e. The summed E-state index contributed by atoms with van der Waals surface area (Å²) < 4.78 is 0.803. The molecule has 3 nitrogen and oxygen atoms in total. The molecule has 24 heavy (non-hydrogen) atoms. The molecule has 1 heterocycles. The standard InChI is InChI=1S/C21H26N2O/c1-17(19-12-7-4-8-13-19)22-21(24)20-14-9-15-23(20,2)16-18-10-5-3-6-11-18/h3-8,10-13,17,20H,9,14-16H2,1-2H3/p+1/t17-,20+,23?/m1/s1. The normalized spacial score (nSPS) is 24.5. The first kappa shape index (κ1) is 16.7. The fraction of sp³-hybridized carbons (Fsp3) is 0.381. The smallest absolute Gasteiger partial charge is 0.278 e. The molecule has 1 aliphatic rings. The first-order chi connectivity index (χ1) is 11.6. The molecule has 0 aliphatic carbocycles. The fourth-order valence-electron chi connectivity index (χ4n) is 3.85. The minimum absolute atomic E-state index is 0.0383. The summed E-state index contributed by atoms with van der Waals surface area (Å²) in [5.74, 6) is 0.183. The number of benzene rings is 2. The highest BCUT2D eigenvalue weighted by Crippen LogP contribution is 2.28. The molecule has 1 N–H and O–H groups in total. The Morgan fingerprint density at radius 2 is 1.75 bits per heavy atom. The van der Waals surface area contributed by atoms with Gasteiger partial charge >= 0.3 is 0 Å². The van der Waals surface area contributed by atoms with E-state index in [-0.39, 0.29) is 18.0 Å². The van der Waals surface area contributed by atoms with E-state index in [4.69, 9.17) is 0 Å². The third-order valence-electron chi connectivity index (χ3n) is 5.25. The van der Waals surface area contributed by atoms with Crippen LogP contribution < -0.4 is 5.32 Å². The second kappa shape index (κ2) is 7.18. The quantitative estimate of drug-likeness (QED) is 0.836. The molecule has 1 aliphatic heterocycles. The number of likely N-dealkylation sites (tertiary alicyclic amines) is 1. The van der Waals surface area contributed by atoms with Crippen molar-refractivity contribution in [1.82, 2.24) is 5.32 Å². The van der Waals surface area contributed by atoms with Crippen molar-refractivity contribution in [2.45, 2.75) is 38.4 Å². The first-order valence-corrected chi connectivity index (χ1v) is 8.82. The van der Waals surface area contributed by atoms with Crippen molar-refractivity contribution in [2.24, 2.45) is 0 Å². The molecule has 1 saturated heterocycles. The van der Waals surface area contributed by atoms with Gasteiger partial charge in [0.1, 0.15) is 6.54 Å². The van der Waals surface area contributed by atoms with Crippen LogP contribution in [0.15, 0.2) is 60.7 Å². The van der Waals surface area contributed by atoms with Gasteiger partial charge in [-0.1, -0.05) is 60.7 Å². The zero-order valence-electron chi connectivity index (χ0n) is 14.6. The third kappa shape index (κ3) is 3.68. The average molecular weight is 323 g/mol. The summed E-state index contributed by atoms with van der Waals surface area (Å²) in [6.07, 6.45) is 2.08. The summed E-state index contributed by atoms with van der Waals surface area (Å²) >= 11 is 0. The molecule has 0 radical (unpaired) electrons. The van der Waals surface area contributed by atoms with E-state index in [1.165, 1.54) is 5.56 Å². The molecule has 3 heteroatoms. The summed E-state index contributed by atoms with van der Waals surface area (Å²) in [5, 5.41) is 3.22. The molecule has 3 rings (SSSR count). The molecule has 126 valence electrons. The van der Waals surface area contributed by atoms with Gasteiger partial charge in [-0.3, -0.25) is 4.79 Å². The fourth-order valence-corrected chi connectivity index (χ4v) is 3.85. The lowest BCUT2D eigenvalue weighted by molar-refractivity contribution is -0.925. The Morgan fingerprint density at radius 3 is 2.42 bits per heavy atom. The molecule has 1 fully saturated rings. The molecular formula is C21H27N2O+. The first-order valence-electron chi connectivity index (χ1n) is 8.82. The summed E-state index contributed by atoms with van der Waals surface area (Å²) in [5.41, 5.74) is 2.46. The largest absolute Gasteiger partial charge is 0.344 e. The van der Waals surface area contributed by atoms with Crippen LogP contribution in [0.2, 0.25) is 0 Å². The average Bonchev–Trinajstić information content (AvgIpc) is 2.97. The number of carbonyl (C=O) groups is 1. The van der Waals surface area contributed by atoms with Gasteiger partial charge in [0.2, 0.25) is 0 Å². The maximum absolute atomic E-state index is 12.9. The van der Waals surface area contributed by atoms with E-state index in [9.17, 15) is 4.79 Å². The Labute approximate surface area is 144 Å². The lowest BCUT2D eigenvalue weighted by Gasteiger charge is -2.36. The highest BCUT2D eigenvalue weighted by atomic mass is 16.2. The SMILES string of the molecule is C[C@@H](NC(=O)[C@@H]1CCC[N+]1(C)Cc1ccccc1)c1ccccc1. The summed E-state index contributed by atoms with van der Waals surface area (Å²) in [7, 11) is 2.22. The van der Waals surface area contributed by atoms with Crippen LogP contribution in [-0.4, -0.2) is 30.0 Å². The highest BCUT2D eigenvalue weighted by molar-refractivity contribution is 5.81. The van der Waals surface area contributed by atoms with Crippen molar-refractivity contribution in [3.05, 3.63) is 71.8 Å². The van der Waals surface area contributed by atoms with Crippen LogP contribution in [0.4, 0.5) is 0 Å². The molecule has 2 aromatic rings. The monoisotopic (exact) mass is 323 g/mol. The van der Waals surface area contributed by atoms with Crippen LogP contribution in [0.25, 0.3) is 0 Å². The Hall–Kier alpha value is -2.13. The number of carbonyl (C=O) groups excluding carboxylic acids is 1. The Balaban J connectivity index is 1.69. The van der Waals surface area contributed by atoms with Gasteiger partial charge in [0.25, 0.3) is 5.91 Å². The molecule has 1 unspecified atom stereocenters. The van der Waals surface area contributed by atoms with Crippen molar-refractivity contribution < 1.29 is 9.28 Å². The Kier molecular flexibility index (Phi) is 5.00. The summed E-state index contributed by atoms with van der Waals surface area (Å²) in [6.45, 7) is 4.04. The molecule has 0 aromatic heterocycles. The van der Waals surface area contributed by atoms with Crippen molar-refractivity contribution in [2.75, 3.05) is 13.6 Å². The summed E-state index contributed by atoms with van der Waals surface area (Å²) in [4.78, 5) is 12.9. The molecule has 0 bridgehead atoms. The number of hydrogen-bond donors (Lipinski definition) is 1. The van der Waals surface area contributed by atoms with E-state index in [1.54, 1.807) is 0 Å². The van der Waals surface area contributed by atoms with Gasteiger partial charge in [0.15, 0.2) is 6.04 Å². The lowest BCUT2D eigenvalue weighted by atomic mass is 10.1. The molecule has 3 atom stereocenters. The van der Waals surface area contributed by atoms with Gasteiger partial charge in [-0.25, -0.2) is 0 Å². The molecule has 0 spiro atoms. The van der Waals surface area contributed by atoms with Crippen LogP contribution in [0.3, 0.4) is 0 Å². The number of rotatable bonds is 5. The van der Waals surface area contributed by atoms with Crippen LogP contribution in [-0.2, 0) is 11.3 Å². The van der Waals surface area contributed by atoms with E-state index >= 15 is 0 Å². The predicted octanol–water partition coefficient (Wildman–Crippen LogP) is 3.67. The molecule has 0 saturated carbocycles. The third-order valence-corrected chi connectivity index (χ3v) is 5.25. The van der Waals surface area contributed by atoms with Crippen LogP contribution in [0, 0.1) is 0 Å². The van der Waals surface area contributed by atoms with Crippen LogP contribution >= 0.6 is 0 Å². The molecular weight excluding hydrogens is 296 g/mol. The minimum atomic E-state index is 0.0383. The van der Waals surface area contributed by atoms with Crippen LogP contribution in [0.5, 0.6) is 0 Å². The zero-order valence-corrected chi connectivity index (χ0v) is 14.6. The second-order valence-corrected chi connectivity index (χ2v) is 7.15. The van der Waals surface area contributed by atoms with Crippen molar-refractivity contribution in [3.8, 4) is 0 Å².